The third-order valence-electron chi connectivity index (χ3n) is 9.06. The van der Waals surface area contributed by atoms with E-state index in [-0.39, 0.29) is 0 Å². The number of hydrogen-bond acceptors (Lipinski definition) is 4. The summed E-state index contributed by atoms with van der Waals surface area (Å²) in [5.41, 5.74) is 7.44. The van der Waals surface area contributed by atoms with Crippen LogP contribution in [0, 0.1) is 0 Å². The van der Waals surface area contributed by atoms with E-state index in [2.05, 4.69) is 105 Å². The molecule has 8 aromatic rings. The number of allylic oxidation sites excluding steroid dienone is 2. The van der Waals surface area contributed by atoms with Crippen molar-refractivity contribution in [3.8, 4) is 45.4 Å². The Labute approximate surface area is 291 Å². The maximum Gasteiger partial charge on any atom is 0.164 e. The van der Waals surface area contributed by atoms with E-state index in [1.54, 1.807) is 6.08 Å². The Bertz CT molecular complexity index is 2650. The van der Waals surface area contributed by atoms with Crippen molar-refractivity contribution in [1.82, 2.24) is 19.9 Å². The molecule has 50 heavy (non-hydrogen) atoms. The summed E-state index contributed by atoms with van der Waals surface area (Å²) in [5.74, 6) is 1.70. The van der Waals surface area contributed by atoms with Gasteiger partial charge in [0, 0.05) is 33.8 Å². The highest BCUT2D eigenvalue weighted by atomic mass is 15.0. The summed E-state index contributed by atoms with van der Waals surface area (Å²) in [6.45, 7) is 12.2. The van der Waals surface area contributed by atoms with Crippen molar-refractivity contribution in [2.75, 3.05) is 0 Å². The van der Waals surface area contributed by atoms with Crippen molar-refractivity contribution in [2.45, 2.75) is 0 Å². The Kier molecular flexibility index (Phi) is 7.96. The van der Waals surface area contributed by atoms with E-state index >= 15 is 0 Å². The summed E-state index contributed by atoms with van der Waals surface area (Å²) in [7, 11) is 0. The summed E-state index contributed by atoms with van der Waals surface area (Å²) in [6.07, 6.45) is 11.4. The van der Waals surface area contributed by atoms with Crippen molar-refractivity contribution >= 4 is 50.5 Å². The second-order valence-corrected chi connectivity index (χ2v) is 12.1. The van der Waals surface area contributed by atoms with Gasteiger partial charge in [-0.25, -0.2) is 15.0 Å². The highest BCUT2D eigenvalue weighted by Crippen LogP contribution is 2.36. The number of hydrogen-bond donors (Lipinski definition) is 0. The fourth-order valence-corrected chi connectivity index (χ4v) is 6.55. The molecule has 0 N–H and O–H groups in total. The first kappa shape index (κ1) is 30.5. The summed E-state index contributed by atoms with van der Waals surface area (Å²) in [5, 5.41) is 6.66. The normalized spacial score (nSPS) is 11.4. The average molecular weight is 641 g/mol. The number of nitrogens with zero attached hydrogens (tertiary/aromatic N) is 4. The second kappa shape index (κ2) is 13.0. The van der Waals surface area contributed by atoms with Gasteiger partial charge in [-0.2, -0.15) is 0 Å². The van der Waals surface area contributed by atoms with Crippen LogP contribution in [0.3, 0.4) is 0 Å². The third-order valence-corrected chi connectivity index (χ3v) is 9.06. The molecule has 0 fully saturated rings. The lowest BCUT2D eigenvalue weighted by molar-refractivity contribution is 1.07. The molecule has 2 heterocycles. The molecule has 0 amide bonds. The van der Waals surface area contributed by atoms with E-state index in [4.69, 9.17) is 19.9 Å². The lowest BCUT2D eigenvalue weighted by Crippen LogP contribution is -2.03. The second-order valence-electron chi connectivity index (χ2n) is 12.1. The first-order valence-electron chi connectivity index (χ1n) is 16.5. The van der Waals surface area contributed by atoms with Crippen LogP contribution in [0.2, 0.25) is 0 Å². The number of fused-ring (bicyclic) bond motifs is 3. The lowest BCUT2D eigenvalue weighted by atomic mass is 9.93. The minimum absolute atomic E-state index is 0.556. The summed E-state index contributed by atoms with van der Waals surface area (Å²) in [4.78, 5) is 20.2. The van der Waals surface area contributed by atoms with Crippen molar-refractivity contribution in [3.63, 3.8) is 0 Å². The van der Waals surface area contributed by atoms with Crippen LogP contribution in [0.4, 0.5) is 0 Å². The molecule has 0 bridgehead atoms. The fourth-order valence-electron chi connectivity index (χ4n) is 6.55. The molecule has 0 aliphatic rings. The Morgan fingerprint density at radius 1 is 0.480 bits per heavy atom. The maximum atomic E-state index is 5.19. The van der Waals surface area contributed by atoms with Gasteiger partial charge in [0.1, 0.15) is 0 Å². The molecule has 0 saturated heterocycles. The monoisotopic (exact) mass is 640 g/mol. The van der Waals surface area contributed by atoms with E-state index < -0.39 is 0 Å². The first-order chi connectivity index (χ1) is 24.6. The van der Waals surface area contributed by atoms with E-state index in [1.807, 2.05) is 66.9 Å². The highest BCUT2D eigenvalue weighted by molar-refractivity contribution is 5.99. The van der Waals surface area contributed by atoms with Gasteiger partial charge in [-0.1, -0.05) is 147 Å². The molecule has 0 atom stereocenters. The van der Waals surface area contributed by atoms with E-state index in [9.17, 15) is 0 Å². The van der Waals surface area contributed by atoms with E-state index in [0.717, 1.165) is 77.0 Å². The molecular formula is C46H32N4. The molecule has 6 aromatic carbocycles. The van der Waals surface area contributed by atoms with Crippen molar-refractivity contribution in [3.05, 3.63) is 176 Å². The van der Waals surface area contributed by atoms with Crippen LogP contribution < -0.4 is 0 Å². The summed E-state index contributed by atoms with van der Waals surface area (Å²) >= 11 is 0. The van der Waals surface area contributed by atoms with Crippen molar-refractivity contribution in [2.24, 2.45) is 0 Å². The minimum atomic E-state index is 0.556. The Hall–Kier alpha value is -6.78. The fraction of sp³-hybridized carbons (Fsp3) is 0. The zero-order valence-electron chi connectivity index (χ0n) is 27.4. The zero-order chi connectivity index (χ0) is 34.0. The largest absolute Gasteiger partial charge is 0.256 e. The molecule has 2 aromatic heterocycles. The predicted molar refractivity (Wildman–Crippen MR) is 211 cm³/mol. The highest BCUT2D eigenvalue weighted by Gasteiger charge is 2.19. The van der Waals surface area contributed by atoms with Gasteiger partial charge in [0.15, 0.2) is 17.5 Å². The van der Waals surface area contributed by atoms with Crippen molar-refractivity contribution < 1.29 is 0 Å². The van der Waals surface area contributed by atoms with Gasteiger partial charge in [-0.3, -0.25) is 4.98 Å². The van der Waals surface area contributed by atoms with Gasteiger partial charge >= 0.3 is 0 Å². The van der Waals surface area contributed by atoms with E-state index in [0.29, 0.717) is 17.5 Å². The van der Waals surface area contributed by atoms with Crippen LogP contribution >= 0.6 is 0 Å². The Balaban J connectivity index is 1.35. The standard InChI is InChI=1S/C46H32N4/c1-4-7-14-35-25-32-15-8-9-16-33(32)26-41(35)45-48-44(31-23-21-30(22-24-31)43-28-34-17-10-11-19-37(34)29-47-43)49-46(50-45)42-27-36-18-12-13-20-40(36)38(5-2)39(42)6-3/h4-29H,1-3H2/b14-7-. The van der Waals surface area contributed by atoms with Gasteiger partial charge in [0.2, 0.25) is 0 Å². The molecule has 8 rings (SSSR count). The Morgan fingerprint density at radius 3 is 1.74 bits per heavy atom. The SMILES string of the molecule is C=C/C=C\c1cc2ccccc2cc1-c1nc(-c2ccc(-c3cc4ccccc4cn3)cc2)nc(-c2cc3ccccc3c(C=C)c2C=C)n1. The molecule has 0 aliphatic carbocycles. The van der Waals surface area contributed by atoms with Gasteiger partial charge < -0.3 is 0 Å². The number of rotatable bonds is 8. The third kappa shape index (κ3) is 5.59. The molecule has 0 spiro atoms. The number of aromatic nitrogens is 4. The number of pyridine rings is 1. The summed E-state index contributed by atoms with van der Waals surface area (Å²) in [6, 6.07) is 41.7. The Morgan fingerprint density at radius 2 is 1.04 bits per heavy atom. The van der Waals surface area contributed by atoms with Crippen LogP contribution in [-0.4, -0.2) is 19.9 Å². The number of benzene rings is 6. The molecular weight excluding hydrogens is 609 g/mol. The van der Waals surface area contributed by atoms with E-state index in [1.165, 1.54) is 0 Å². The predicted octanol–water partition coefficient (Wildman–Crippen LogP) is 11.9. The van der Waals surface area contributed by atoms with Crippen LogP contribution in [0.25, 0.3) is 96.0 Å². The average Bonchev–Trinajstić information content (AvgIpc) is 3.18. The molecule has 236 valence electrons. The topological polar surface area (TPSA) is 51.6 Å². The quantitative estimate of drug-likeness (QED) is 0.155. The van der Waals surface area contributed by atoms with Gasteiger partial charge in [-0.15, -0.1) is 0 Å². The van der Waals surface area contributed by atoms with Crippen LogP contribution in [0.5, 0.6) is 0 Å². The van der Waals surface area contributed by atoms with Gasteiger partial charge in [0.05, 0.1) is 5.69 Å². The maximum absolute atomic E-state index is 5.19. The summed E-state index contributed by atoms with van der Waals surface area (Å²) < 4.78 is 0. The minimum Gasteiger partial charge on any atom is -0.256 e. The zero-order valence-corrected chi connectivity index (χ0v) is 27.4. The molecule has 4 heteroatoms. The van der Waals surface area contributed by atoms with Crippen molar-refractivity contribution in [1.29, 1.82) is 0 Å². The first-order valence-corrected chi connectivity index (χ1v) is 16.5. The van der Waals surface area contributed by atoms with Gasteiger partial charge in [0.25, 0.3) is 0 Å². The smallest absolute Gasteiger partial charge is 0.164 e. The molecule has 4 nitrogen and oxygen atoms in total. The van der Waals surface area contributed by atoms with Crippen LogP contribution in [-0.2, 0) is 0 Å². The molecule has 0 radical (unpaired) electrons. The van der Waals surface area contributed by atoms with Gasteiger partial charge in [-0.05, 0) is 67.9 Å². The van der Waals surface area contributed by atoms with Crippen LogP contribution in [0.15, 0.2) is 159 Å². The molecule has 0 aliphatic heterocycles. The molecule has 0 unspecified atom stereocenters. The lowest BCUT2D eigenvalue weighted by Gasteiger charge is -2.15. The van der Waals surface area contributed by atoms with Crippen LogP contribution in [0.1, 0.15) is 16.7 Å². The molecule has 0 saturated carbocycles.